The predicted octanol–water partition coefficient (Wildman–Crippen LogP) is 2.17. The van der Waals surface area contributed by atoms with E-state index in [9.17, 15) is 4.79 Å². The maximum Gasteiger partial charge on any atom is 0.294 e. The van der Waals surface area contributed by atoms with Gasteiger partial charge in [0.05, 0.1) is 5.02 Å². The first-order chi connectivity index (χ1) is 6.24. The lowest BCUT2D eigenvalue weighted by molar-refractivity contribution is -0.129. The van der Waals surface area contributed by atoms with Crippen molar-refractivity contribution < 1.29 is 9.53 Å². The SMILES string of the molecule is O=COC(Br)Cc1ccncc1Cl. The molecule has 0 aromatic carbocycles. The van der Waals surface area contributed by atoms with Crippen molar-refractivity contribution in [3.8, 4) is 0 Å². The fourth-order valence-electron chi connectivity index (χ4n) is 0.851. The maximum atomic E-state index is 9.99. The summed E-state index contributed by atoms with van der Waals surface area (Å²) >= 11 is 9.02. The van der Waals surface area contributed by atoms with Crippen molar-refractivity contribution in [1.82, 2.24) is 4.98 Å². The number of hydrogen-bond donors (Lipinski definition) is 0. The van der Waals surface area contributed by atoms with E-state index in [1.165, 1.54) is 0 Å². The van der Waals surface area contributed by atoms with Crippen LogP contribution in [0, 0.1) is 0 Å². The van der Waals surface area contributed by atoms with Crippen LogP contribution in [-0.2, 0) is 16.0 Å². The number of hydrogen-bond acceptors (Lipinski definition) is 3. The third-order valence-corrected chi connectivity index (χ3v) is 2.32. The summed E-state index contributed by atoms with van der Waals surface area (Å²) < 4.78 is 4.66. The fourth-order valence-corrected chi connectivity index (χ4v) is 1.48. The number of pyridine rings is 1. The normalized spacial score (nSPS) is 12.2. The summed E-state index contributed by atoms with van der Waals surface area (Å²) in [4.78, 5) is 13.8. The zero-order chi connectivity index (χ0) is 9.68. The van der Waals surface area contributed by atoms with Gasteiger partial charge in [-0.25, -0.2) is 0 Å². The van der Waals surface area contributed by atoms with Gasteiger partial charge in [-0.2, -0.15) is 0 Å². The molecule has 1 unspecified atom stereocenters. The number of ether oxygens (including phenoxy) is 1. The van der Waals surface area contributed by atoms with Crippen molar-refractivity contribution in [1.29, 1.82) is 0 Å². The molecule has 1 heterocycles. The summed E-state index contributed by atoms with van der Waals surface area (Å²) in [5.74, 6) is 0. The summed E-state index contributed by atoms with van der Waals surface area (Å²) in [5, 5.41) is 0.228. The summed E-state index contributed by atoms with van der Waals surface area (Å²) in [5.41, 5.74) is 0.889. The molecule has 0 N–H and O–H groups in total. The minimum atomic E-state index is -0.343. The lowest BCUT2D eigenvalue weighted by atomic mass is 10.2. The lowest BCUT2D eigenvalue weighted by Crippen LogP contribution is -2.07. The van der Waals surface area contributed by atoms with E-state index in [-0.39, 0.29) is 5.01 Å². The second-order valence-electron chi connectivity index (χ2n) is 2.31. The van der Waals surface area contributed by atoms with E-state index in [1.807, 2.05) is 0 Å². The Morgan fingerprint density at radius 3 is 3.15 bits per heavy atom. The molecule has 5 heteroatoms. The third kappa shape index (κ3) is 3.32. The average Bonchev–Trinajstić information content (AvgIpc) is 2.09. The van der Waals surface area contributed by atoms with Gasteiger partial charge in [-0.05, 0) is 27.6 Å². The van der Waals surface area contributed by atoms with Gasteiger partial charge < -0.3 is 4.74 Å². The molecule has 70 valence electrons. The molecule has 13 heavy (non-hydrogen) atoms. The van der Waals surface area contributed by atoms with E-state index in [0.29, 0.717) is 17.9 Å². The van der Waals surface area contributed by atoms with Gasteiger partial charge in [-0.1, -0.05) is 11.6 Å². The summed E-state index contributed by atoms with van der Waals surface area (Å²) in [7, 11) is 0. The Hall–Kier alpha value is -0.610. The number of aromatic nitrogens is 1. The number of halogens is 2. The molecule has 0 spiro atoms. The minimum absolute atomic E-state index is 0.343. The van der Waals surface area contributed by atoms with E-state index >= 15 is 0 Å². The Morgan fingerprint density at radius 1 is 1.77 bits per heavy atom. The van der Waals surface area contributed by atoms with Gasteiger partial charge in [-0.3, -0.25) is 9.78 Å². The largest absolute Gasteiger partial charge is 0.453 e. The van der Waals surface area contributed by atoms with E-state index in [4.69, 9.17) is 11.6 Å². The Morgan fingerprint density at radius 2 is 2.54 bits per heavy atom. The monoisotopic (exact) mass is 263 g/mol. The van der Waals surface area contributed by atoms with Crippen LogP contribution >= 0.6 is 27.5 Å². The third-order valence-electron chi connectivity index (χ3n) is 1.44. The van der Waals surface area contributed by atoms with Crippen molar-refractivity contribution in [2.75, 3.05) is 0 Å². The summed E-state index contributed by atoms with van der Waals surface area (Å²) in [6, 6.07) is 1.78. The molecule has 0 saturated carbocycles. The Kier molecular flexibility index (Phi) is 4.18. The highest BCUT2D eigenvalue weighted by Gasteiger charge is 2.07. The van der Waals surface area contributed by atoms with E-state index < -0.39 is 0 Å². The molecule has 1 rings (SSSR count). The molecule has 0 fully saturated rings. The number of rotatable bonds is 4. The first kappa shape index (κ1) is 10.5. The molecular weight excluding hydrogens is 257 g/mol. The predicted molar refractivity (Wildman–Crippen MR) is 52.8 cm³/mol. The molecule has 1 atom stereocenters. The topological polar surface area (TPSA) is 39.2 Å². The first-order valence-corrected chi connectivity index (χ1v) is 4.85. The molecule has 0 aliphatic heterocycles. The minimum Gasteiger partial charge on any atom is -0.453 e. The van der Waals surface area contributed by atoms with Gasteiger partial charge >= 0.3 is 0 Å². The molecule has 1 aromatic rings. The molecule has 0 bridgehead atoms. The average molecular weight is 265 g/mol. The molecule has 0 aliphatic carbocycles. The van der Waals surface area contributed by atoms with Gasteiger partial charge in [0.25, 0.3) is 6.47 Å². The maximum absolute atomic E-state index is 9.99. The van der Waals surface area contributed by atoms with Crippen molar-refractivity contribution in [2.45, 2.75) is 11.4 Å². The second-order valence-corrected chi connectivity index (χ2v) is 3.74. The molecule has 3 nitrogen and oxygen atoms in total. The van der Waals surface area contributed by atoms with Crippen LogP contribution in [0.4, 0.5) is 0 Å². The molecule has 0 radical (unpaired) electrons. The van der Waals surface area contributed by atoms with Gasteiger partial charge in [0.15, 0.2) is 5.01 Å². The van der Waals surface area contributed by atoms with Crippen molar-refractivity contribution in [2.24, 2.45) is 0 Å². The number of nitrogens with zero attached hydrogens (tertiary/aromatic N) is 1. The first-order valence-electron chi connectivity index (χ1n) is 3.55. The highest BCUT2D eigenvalue weighted by atomic mass is 79.9. The molecule has 0 aliphatic rings. The van der Waals surface area contributed by atoms with E-state index in [2.05, 4.69) is 25.7 Å². The van der Waals surface area contributed by atoms with Crippen LogP contribution < -0.4 is 0 Å². The van der Waals surface area contributed by atoms with Crippen LogP contribution in [0.3, 0.4) is 0 Å². The highest BCUT2D eigenvalue weighted by Crippen LogP contribution is 2.18. The number of carbonyl (C=O) groups is 1. The highest BCUT2D eigenvalue weighted by molar-refractivity contribution is 9.09. The molecule has 0 amide bonds. The summed E-state index contributed by atoms with van der Waals surface area (Å²) in [6.07, 6.45) is 3.72. The molecule has 0 saturated heterocycles. The Bertz CT molecular complexity index is 295. The van der Waals surface area contributed by atoms with Crippen LogP contribution in [-0.4, -0.2) is 16.5 Å². The van der Waals surface area contributed by atoms with Gasteiger partial charge in [0.1, 0.15) is 0 Å². The van der Waals surface area contributed by atoms with Crippen molar-refractivity contribution in [3.05, 3.63) is 29.0 Å². The fraction of sp³-hybridized carbons (Fsp3) is 0.250. The van der Waals surface area contributed by atoms with Crippen LogP contribution in [0.25, 0.3) is 0 Å². The van der Waals surface area contributed by atoms with E-state index in [0.717, 1.165) is 5.56 Å². The van der Waals surface area contributed by atoms with Crippen LogP contribution in [0.1, 0.15) is 5.56 Å². The molecule has 1 aromatic heterocycles. The second kappa shape index (κ2) is 5.19. The molecular formula is C8H7BrClNO2. The van der Waals surface area contributed by atoms with Crippen molar-refractivity contribution >= 4 is 34.0 Å². The zero-order valence-corrected chi connectivity index (χ0v) is 8.96. The summed E-state index contributed by atoms with van der Waals surface area (Å²) in [6.45, 7) is 0.397. The lowest BCUT2D eigenvalue weighted by Gasteiger charge is -2.08. The smallest absolute Gasteiger partial charge is 0.294 e. The van der Waals surface area contributed by atoms with Crippen molar-refractivity contribution in [3.63, 3.8) is 0 Å². The Balaban J connectivity index is 2.63. The van der Waals surface area contributed by atoms with Crippen LogP contribution in [0.5, 0.6) is 0 Å². The quantitative estimate of drug-likeness (QED) is 0.618. The standard InChI is InChI=1S/C8H7BrClNO2/c9-8(13-5-12)3-6-1-2-11-4-7(6)10/h1-2,4-5,8H,3H2. The van der Waals surface area contributed by atoms with E-state index in [1.54, 1.807) is 18.5 Å². The number of alkyl halides is 1. The van der Waals surface area contributed by atoms with Gasteiger partial charge in [0, 0.05) is 18.8 Å². The Labute approximate surface area is 89.2 Å². The van der Waals surface area contributed by atoms with Gasteiger partial charge in [0.2, 0.25) is 0 Å². The van der Waals surface area contributed by atoms with Crippen LogP contribution in [0.2, 0.25) is 5.02 Å². The van der Waals surface area contributed by atoms with Gasteiger partial charge in [-0.15, -0.1) is 0 Å². The van der Waals surface area contributed by atoms with Crippen LogP contribution in [0.15, 0.2) is 18.5 Å². The number of carbonyl (C=O) groups excluding carboxylic acids is 1. The zero-order valence-electron chi connectivity index (χ0n) is 6.61.